The number of hydrogen-bond acceptors (Lipinski definition) is 2. The van der Waals surface area contributed by atoms with Crippen molar-refractivity contribution in [1.82, 2.24) is 4.90 Å². The smallest absolute Gasteiger partial charge is 0.106 e. The van der Waals surface area contributed by atoms with Gasteiger partial charge in [-0.25, -0.2) is 0 Å². The van der Waals surface area contributed by atoms with E-state index in [1.54, 1.807) is 0 Å². The summed E-state index contributed by atoms with van der Waals surface area (Å²) in [4.78, 5) is 2.34. The second kappa shape index (κ2) is 5.39. The van der Waals surface area contributed by atoms with Gasteiger partial charge < -0.3 is 5.11 Å². The van der Waals surface area contributed by atoms with Gasteiger partial charge in [-0.3, -0.25) is 4.90 Å². The van der Waals surface area contributed by atoms with Crippen LogP contribution in [0.4, 0.5) is 0 Å². The lowest BCUT2D eigenvalue weighted by Gasteiger charge is -2.27. The lowest BCUT2D eigenvalue weighted by molar-refractivity contribution is 0.0129. The first-order valence-electron chi connectivity index (χ1n) is 7.23. The lowest BCUT2D eigenvalue weighted by Crippen LogP contribution is -2.34. The molecule has 2 heteroatoms. The van der Waals surface area contributed by atoms with Gasteiger partial charge in [-0.05, 0) is 11.1 Å². The molecular formula is C18H21NO. The van der Waals surface area contributed by atoms with Crippen molar-refractivity contribution in [2.75, 3.05) is 13.1 Å². The fraction of sp³-hybridized carbons (Fsp3) is 0.333. The van der Waals surface area contributed by atoms with Gasteiger partial charge in [0.25, 0.3) is 0 Å². The molecule has 1 aliphatic heterocycles. The van der Waals surface area contributed by atoms with Crippen LogP contribution in [0.1, 0.15) is 18.1 Å². The van der Waals surface area contributed by atoms with Gasteiger partial charge in [0.05, 0.1) is 0 Å². The molecule has 20 heavy (non-hydrogen) atoms. The lowest BCUT2D eigenvalue weighted by atomic mass is 9.85. The van der Waals surface area contributed by atoms with Crippen LogP contribution in [0.5, 0.6) is 0 Å². The van der Waals surface area contributed by atoms with Crippen molar-refractivity contribution >= 4 is 0 Å². The average molecular weight is 267 g/mol. The van der Waals surface area contributed by atoms with Crippen LogP contribution >= 0.6 is 0 Å². The van der Waals surface area contributed by atoms with Crippen molar-refractivity contribution in [2.24, 2.45) is 5.92 Å². The highest BCUT2D eigenvalue weighted by molar-refractivity contribution is 5.26. The van der Waals surface area contributed by atoms with Gasteiger partial charge in [0.15, 0.2) is 0 Å². The van der Waals surface area contributed by atoms with Crippen LogP contribution in [0.3, 0.4) is 0 Å². The molecule has 1 fully saturated rings. The molecule has 1 heterocycles. The Labute approximate surface area is 120 Å². The summed E-state index contributed by atoms with van der Waals surface area (Å²) in [6.07, 6.45) is 0. The molecule has 0 saturated carbocycles. The van der Waals surface area contributed by atoms with E-state index >= 15 is 0 Å². The minimum atomic E-state index is -0.726. The van der Waals surface area contributed by atoms with Gasteiger partial charge in [0.2, 0.25) is 0 Å². The topological polar surface area (TPSA) is 23.5 Å². The zero-order valence-corrected chi connectivity index (χ0v) is 11.9. The number of aliphatic hydroxyl groups is 1. The molecule has 2 nitrogen and oxygen atoms in total. The second-order valence-electron chi connectivity index (χ2n) is 5.85. The van der Waals surface area contributed by atoms with Crippen molar-refractivity contribution in [3.8, 4) is 0 Å². The SMILES string of the molecule is CC1CN(Cc2ccccc2)CC1(O)c1ccccc1. The highest BCUT2D eigenvalue weighted by Crippen LogP contribution is 2.37. The molecule has 1 N–H and O–H groups in total. The zero-order valence-electron chi connectivity index (χ0n) is 11.9. The largest absolute Gasteiger partial charge is 0.383 e. The van der Waals surface area contributed by atoms with E-state index in [0.717, 1.165) is 18.7 Å². The summed E-state index contributed by atoms with van der Waals surface area (Å²) in [5.41, 5.74) is 1.61. The highest BCUT2D eigenvalue weighted by Gasteiger charge is 2.43. The second-order valence-corrected chi connectivity index (χ2v) is 5.85. The first-order valence-corrected chi connectivity index (χ1v) is 7.23. The Kier molecular flexibility index (Phi) is 3.60. The van der Waals surface area contributed by atoms with Gasteiger partial charge >= 0.3 is 0 Å². The summed E-state index contributed by atoms with van der Waals surface area (Å²) < 4.78 is 0. The maximum atomic E-state index is 11.0. The monoisotopic (exact) mass is 267 g/mol. The van der Waals surface area contributed by atoms with E-state index in [9.17, 15) is 5.11 Å². The van der Waals surface area contributed by atoms with E-state index in [-0.39, 0.29) is 5.92 Å². The predicted molar refractivity (Wildman–Crippen MR) is 81.2 cm³/mol. The van der Waals surface area contributed by atoms with E-state index < -0.39 is 5.60 Å². The molecular weight excluding hydrogens is 246 g/mol. The first-order chi connectivity index (χ1) is 9.68. The average Bonchev–Trinajstić information content (AvgIpc) is 2.77. The van der Waals surface area contributed by atoms with Gasteiger partial charge in [-0.2, -0.15) is 0 Å². The molecule has 1 saturated heterocycles. The maximum Gasteiger partial charge on any atom is 0.106 e. The van der Waals surface area contributed by atoms with Gasteiger partial charge in [0, 0.05) is 25.6 Å². The summed E-state index contributed by atoms with van der Waals surface area (Å²) in [6, 6.07) is 20.5. The molecule has 2 aromatic carbocycles. The Bertz CT molecular complexity index is 554. The van der Waals surface area contributed by atoms with Crippen molar-refractivity contribution in [3.05, 3.63) is 71.8 Å². The molecule has 0 amide bonds. The molecule has 2 aromatic rings. The van der Waals surface area contributed by atoms with E-state index in [2.05, 4.69) is 36.1 Å². The predicted octanol–water partition coefficient (Wildman–Crippen LogP) is 3.03. The molecule has 1 aliphatic rings. The molecule has 2 atom stereocenters. The van der Waals surface area contributed by atoms with Crippen LogP contribution in [0.2, 0.25) is 0 Å². The van der Waals surface area contributed by atoms with E-state index in [1.807, 2.05) is 36.4 Å². The number of likely N-dealkylation sites (tertiary alicyclic amines) is 1. The number of benzene rings is 2. The molecule has 3 rings (SSSR count). The van der Waals surface area contributed by atoms with Crippen molar-refractivity contribution in [1.29, 1.82) is 0 Å². The minimum Gasteiger partial charge on any atom is -0.383 e. The molecule has 0 aliphatic carbocycles. The Morgan fingerprint density at radius 1 is 1.05 bits per heavy atom. The minimum absolute atomic E-state index is 0.244. The van der Waals surface area contributed by atoms with Crippen LogP contribution < -0.4 is 0 Å². The van der Waals surface area contributed by atoms with Crippen LogP contribution in [-0.4, -0.2) is 23.1 Å². The van der Waals surface area contributed by atoms with Crippen LogP contribution in [0, 0.1) is 5.92 Å². The van der Waals surface area contributed by atoms with E-state index in [1.165, 1.54) is 5.56 Å². The van der Waals surface area contributed by atoms with E-state index in [4.69, 9.17) is 0 Å². The molecule has 104 valence electrons. The number of hydrogen-bond donors (Lipinski definition) is 1. The van der Waals surface area contributed by atoms with Gasteiger partial charge in [-0.1, -0.05) is 67.6 Å². The molecule has 2 unspecified atom stereocenters. The number of nitrogens with zero attached hydrogens (tertiary/aromatic N) is 1. The Hall–Kier alpha value is -1.64. The number of β-amino-alcohol motifs (C(OH)–C–C–N with tert-alkyl or cyclic N) is 1. The first kappa shape index (κ1) is 13.3. The molecule has 0 bridgehead atoms. The number of rotatable bonds is 3. The summed E-state index contributed by atoms with van der Waals surface area (Å²) in [7, 11) is 0. The summed E-state index contributed by atoms with van der Waals surface area (Å²) in [6.45, 7) is 4.67. The standard InChI is InChI=1S/C18H21NO/c1-15-12-19(13-16-8-4-2-5-9-16)14-18(15,20)17-10-6-3-7-11-17/h2-11,15,20H,12-14H2,1H3. The van der Waals surface area contributed by atoms with Gasteiger partial charge in [-0.15, -0.1) is 0 Å². The van der Waals surface area contributed by atoms with Gasteiger partial charge in [0.1, 0.15) is 5.60 Å². The van der Waals surface area contributed by atoms with Crippen molar-refractivity contribution in [3.63, 3.8) is 0 Å². The Morgan fingerprint density at radius 2 is 1.65 bits per heavy atom. The van der Waals surface area contributed by atoms with Crippen LogP contribution in [-0.2, 0) is 12.1 Å². The summed E-state index contributed by atoms with van der Waals surface area (Å²) >= 11 is 0. The van der Waals surface area contributed by atoms with Crippen molar-refractivity contribution < 1.29 is 5.11 Å². The Morgan fingerprint density at radius 3 is 2.30 bits per heavy atom. The maximum absolute atomic E-state index is 11.0. The normalized spacial score (nSPS) is 26.8. The molecule has 0 aromatic heterocycles. The van der Waals surface area contributed by atoms with Crippen LogP contribution in [0.25, 0.3) is 0 Å². The third kappa shape index (κ3) is 2.49. The van der Waals surface area contributed by atoms with E-state index in [0.29, 0.717) is 6.54 Å². The quantitative estimate of drug-likeness (QED) is 0.924. The molecule has 0 spiro atoms. The fourth-order valence-corrected chi connectivity index (χ4v) is 3.16. The van der Waals surface area contributed by atoms with Crippen LogP contribution in [0.15, 0.2) is 60.7 Å². The summed E-state index contributed by atoms with van der Waals surface area (Å²) in [5, 5.41) is 11.0. The van der Waals surface area contributed by atoms with Crippen molar-refractivity contribution in [2.45, 2.75) is 19.1 Å². The molecule has 0 radical (unpaired) electrons. The third-order valence-electron chi connectivity index (χ3n) is 4.33. The summed E-state index contributed by atoms with van der Waals surface area (Å²) in [5.74, 6) is 0.244. The highest BCUT2D eigenvalue weighted by atomic mass is 16.3. The third-order valence-corrected chi connectivity index (χ3v) is 4.33. The fourth-order valence-electron chi connectivity index (χ4n) is 3.16. The Balaban J connectivity index is 1.77. The zero-order chi connectivity index (χ0) is 14.0.